The first-order valence-corrected chi connectivity index (χ1v) is 6.57. The number of hydrogen-bond acceptors (Lipinski definition) is 0. The Kier molecular flexibility index (Phi) is 10.1. The molecule has 0 aromatic heterocycles. The van der Waals surface area contributed by atoms with E-state index in [2.05, 4.69) is 0 Å². The number of halogens is 4. The predicted molar refractivity (Wildman–Crippen MR) is 73.2 cm³/mol. The summed E-state index contributed by atoms with van der Waals surface area (Å²) >= 11 is 5.47. The summed E-state index contributed by atoms with van der Waals surface area (Å²) in [6.07, 6.45) is -4.37. The van der Waals surface area contributed by atoms with Crippen molar-refractivity contribution in [2.24, 2.45) is 0 Å². The molecule has 0 nitrogen and oxygen atoms in total. The summed E-state index contributed by atoms with van der Waals surface area (Å²) in [7, 11) is 0. The minimum atomic E-state index is -4.37. The van der Waals surface area contributed by atoms with Crippen molar-refractivity contribution in [3.63, 3.8) is 0 Å². The van der Waals surface area contributed by atoms with Gasteiger partial charge in [-0.1, -0.05) is 59.2 Å². The topological polar surface area (TPSA) is 0 Å². The van der Waals surface area contributed by atoms with Gasteiger partial charge in [-0.25, -0.2) is 0 Å². The highest BCUT2D eigenvalue weighted by Crippen LogP contribution is 2.36. The van der Waals surface area contributed by atoms with E-state index in [0.717, 1.165) is 6.07 Å². The Hall–Kier alpha value is -0.700. The van der Waals surface area contributed by atoms with Crippen molar-refractivity contribution in [2.45, 2.75) is 53.6 Å². The molecule has 0 aliphatic rings. The van der Waals surface area contributed by atoms with Crippen molar-refractivity contribution in [1.29, 1.82) is 0 Å². The zero-order chi connectivity index (χ0) is 14.9. The van der Waals surface area contributed by atoms with Crippen molar-refractivity contribution >= 4 is 11.6 Å². The molecular formula is C14H22ClF3. The molecule has 1 rings (SSSR count). The molecule has 0 heterocycles. The lowest BCUT2D eigenvalue weighted by molar-refractivity contribution is -0.137. The van der Waals surface area contributed by atoms with Crippen LogP contribution in [0.4, 0.5) is 13.2 Å². The lowest BCUT2D eigenvalue weighted by atomic mass is 10.0. The molecule has 1 aromatic carbocycles. The van der Waals surface area contributed by atoms with Crippen LogP contribution in [0.1, 0.15) is 58.6 Å². The highest BCUT2D eigenvalue weighted by Gasteiger charge is 2.33. The molecule has 0 unspecified atom stereocenters. The monoisotopic (exact) mass is 282 g/mol. The van der Waals surface area contributed by atoms with Crippen LogP contribution in [0.15, 0.2) is 18.2 Å². The maximum absolute atomic E-state index is 12.4. The molecule has 0 saturated carbocycles. The van der Waals surface area contributed by atoms with E-state index in [-0.39, 0.29) is 10.9 Å². The SMILES string of the molecule is CC.CC.CC(C)c1ccc(Cl)c(C(F)(F)F)c1. The van der Waals surface area contributed by atoms with Crippen molar-refractivity contribution in [3.05, 3.63) is 34.3 Å². The van der Waals surface area contributed by atoms with Crippen LogP contribution in [0.2, 0.25) is 5.02 Å². The first kappa shape index (κ1) is 19.6. The number of alkyl halides is 3. The Morgan fingerprint density at radius 1 is 1.00 bits per heavy atom. The van der Waals surface area contributed by atoms with Crippen LogP contribution in [0.5, 0.6) is 0 Å². The molecule has 1 aromatic rings. The van der Waals surface area contributed by atoms with E-state index < -0.39 is 11.7 Å². The second kappa shape index (κ2) is 9.26. The van der Waals surface area contributed by atoms with Gasteiger partial charge in [-0.05, 0) is 23.6 Å². The summed E-state index contributed by atoms with van der Waals surface area (Å²) < 4.78 is 37.2. The molecule has 4 heteroatoms. The molecule has 0 saturated heterocycles. The van der Waals surface area contributed by atoms with Gasteiger partial charge in [-0.15, -0.1) is 0 Å². The van der Waals surface area contributed by atoms with Crippen LogP contribution in [0.25, 0.3) is 0 Å². The molecule has 0 aliphatic carbocycles. The van der Waals surface area contributed by atoms with E-state index in [9.17, 15) is 13.2 Å². The Morgan fingerprint density at radius 2 is 1.44 bits per heavy atom. The molecule has 0 radical (unpaired) electrons. The Morgan fingerprint density at radius 3 is 1.78 bits per heavy atom. The van der Waals surface area contributed by atoms with Crippen LogP contribution in [0.3, 0.4) is 0 Å². The molecule has 0 N–H and O–H groups in total. The summed E-state index contributed by atoms with van der Waals surface area (Å²) in [4.78, 5) is 0. The minimum absolute atomic E-state index is 0.0633. The van der Waals surface area contributed by atoms with Gasteiger partial charge in [-0.2, -0.15) is 13.2 Å². The summed E-state index contributed by atoms with van der Waals surface area (Å²) in [6.45, 7) is 11.7. The summed E-state index contributed by atoms with van der Waals surface area (Å²) in [5, 5.41) is -0.248. The van der Waals surface area contributed by atoms with Crippen molar-refractivity contribution in [2.75, 3.05) is 0 Å². The van der Waals surface area contributed by atoms with E-state index in [1.165, 1.54) is 6.07 Å². The molecule has 0 bridgehead atoms. The largest absolute Gasteiger partial charge is 0.417 e. The fraction of sp³-hybridized carbons (Fsp3) is 0.571. The van der Waals surface area contributed by atoms with E-state index >= 15 is 0 Å². The van der Waals surface area contributed by atoms with Gasteiger partial charge >= 0.3 is 6.18 Å². The molecule has 0 spiro atoms. The lowest BCUT2D eigenvalue weighted by Gasteiger charge is -2.12. The van der Waals surface area contributed by atoms with Gasteiger partial charge in [0, 0.05) is 0 Å². The van der Waals surface area contributed by atoms with Gasteiger partial charge in [0.15, 0.2) is 0 Å². The van der Waals surface area contributed by atoms with Crippen molar-refractivity contribution in [1.82, 2.24) is 0 Å². The first-order valence-electron chi connectivity index (χ1n) is 6.19. The fourth-order valence-electron chi connectivity index (χ4n) is 1.12. The van der Waals surface area contributed by atoms with Gasteiger partial charge in [0.25, 0.3) is 0 Å². The summed E-state index contributed by atoms with van der Waals surface area (Å²) in [6, 6.07) is 4.01. The molecule has 0 amide bonds. The number of rotatable bonds is 1. The van der Waals surface area contributed by atoms with Crippen LogP contribution >= 0.6 is 11.6 Å². The van der Waals surface area contributed by atoms with Gasteiger partial charge < -0.3 is 0 Å². The molecule has 18 heavy (non-hydrogen) atoms. The van der Waals surface area contributed by atoms with Crippen molar-refractivity contribution < 1.29 is 13.2 Å². The average molecular weight is 283 g/mol. The van der Waals surface area contributed by atoms with Gasteiger partial charge in [0.2, 0.25) is 0 Å². The second-order valence-electron chi connectivity index (χ2n) is 3.39. The van der Waals surface area contributed by atoms with E-state index in [1.807, 2.05) is 41.5 Å². The third kappa shape index (κ3) is 6.29. The summed E-state index contributed by atoms with van der Waals surface area (Å²) in [5.41, 5.74) is -0.118. The van der Waals surface area contributed by atoms with Crippen LogP contribution < -0.4 is 0 Å². The zero-order valence-corrected chi connectivity index (χ0v) is 12.6. The number of hydrogen-bond donors (Lipinski definition) is 0. The highest BCUT2D eigenvalue weighted by molar-refractivity contribution is 6.31. The zero-order valence-electron chi connectivity index (χ0n) is 11.8. The van der Waals surface area contributed by atoms with Crippen LogP contribution in [-0.4, -0.2) is 0 Å². The average Bonchev–Trinajstić information content (AvgIpc) is 2.33. The minimum Gasteiger partial charge on any atom is -0.166 e. The quantitative estimate of drug-likeness (QED) is 0.549. The third-order valence-corrected chi connectivity index (χ3v) is 2.29. The van der Waals surface area contributed by atoms with E-state index in [0.29, 0.717) is 5.56 Å². The van der Waals surface area contributed by atoms with Gasteiger partial charge in [0.05, 0.1) is 10.6 Å². The standard InChI is InChI=1S/C10H10ClF3.2C2H6/c1-6(2)7-3-4-9(11)8(5-7)10(12,13)14;2*1-2/h3-6H,1-2H3;2*1-2H3. The molecule has 0 aliphatic heterocycles. The summed E-state index contributed by atoms with van der Waals surface area (Å²) in [5.74, 6) is 0.0633. The van der Waals surface area contributed by atoms with E-state index in [4.69, 9.17) is 11.6 Å². The van der Waals surface area contributed by atoms with Gasteiger partial charge in [-0.3, -0.25) is 0 Å². The maximum Gasteiger partial charge on any atom is 0.417 e. The highest BCUT2D eigenvalue weighted by atomic mass is 35.5. The fourth-order valence-corrected chi connectivity index (χ4v) is 1.34. The normalized spacial score (nSPS) is 10.2. The van der Waals surface area contributed by atoms with Gasteiger partial charge in [0.1, 0.15) is 0 Å². The Balaban J connectivity index is 0. The third-order valence-electron chi connectivity index (χ3n) is 1.96. The van der Waals surface area contributed by atoms with Crippen LogP contribution in [-0.2, 0) is 6.18 Å². The smallest absolute Gasteiger partial charge is 0.166 e. The molecule has 106 valence electrons. The predicted octanol–water partition coefficient (Wildman–Crippen LogP) is 6.53. The molecule has 0 fully saturated rings. The van der Waals surface area contributed by atoms with Crippen LogP contribution in [0, 0.1) is 0 Å². The lowest BCUT2D eigenvalue weighted by Crippen LogP contribution is -2.06. The second-order valence-corrected chi connectivity index (χ2v) is 3.80. The maximum atomic E-state index is 12.4. The first-order chi connectivity index (χ1) is 8.32. The van der Waals surface area contributed by atoms with E-state index in [1.54, 1.807) is 6.07 Å². The van der Waals surface area contributed by atoms with Crippen molar-refractivity contribution in [3.8, 4) is 0 Å². The molecule has 0 atom stereocenters. The Bertz CT molecular complexity index is 330. The molecular weight excluding hydrogens is 261 g/mol. The number of benzene rings is 1. The Labute approximate surface area is 113 Å².